The number of rotatable bonds is 4. The predicted molar refractivity (Wildman–Crippen MR) is 72.8 cm³/mol. The lowest BCUT2D eigenvalue weighted by Gasteiger charge is -2.22. The molecule has 18 heavy (non-hydrogen) atoms. The van der Waals surface area contributed by atoms with Gasteiger partial charge in [0, 0.05) is 20.1 Å². The summed E-state index contributed by atoms with van der Waals surface area (Å²) in [6.45, 7) is 1.25. The first-order valence-electron chi connectivity index (χ1n) is 6.02. The van der Waals surface area contributed by atoms with Crippen molar-refractivity contribution in [2.24, 2.45) is 0 Å². The van der Waals surface area contributed by atoms with Gasteiger partial charge in [-0.05, 0) is 35.2 Å². The van der Waals surface area contributed by atoms with Gasteiger partial charge in [-0.15, -0.1) is 0 Å². The maximum absolute atomic E-state index is 6.08. The largest absolute Gasteiger partial charge is 0.378 e. The number of hydrogen-bond donors (Lipinski definition) is 0. The molecule has 0 aromatic carbocycles. The van der Waals surface area contributed by atoms with Crippen LogP contribution in [-0.2, 0) is 22.5 Å². The highest BCUT2D eigenvalue weighted by molar-refractivity contribution is 9.10. The first-order chi connectivity index (χ1) is 8.70. The molecule has 1 aliphatic heterocycles. The SMILES string of the molecule is COCc1nc(CC2CCCCO2)nc(Cl)c1Br. The molecular formula is C12H16BrClN2O2. The van der Waals surface area contributed by atoms with E-state index in [-0.39, 0.29) is 6.10 Å². The van der Waals surface area contributed by atoms with Gasteiger partial charge in [0.25, 0.3) is 0 Å². The van der Waals surface area contributed by atoms with E-state index in [1.165, 1.54) is 6.42 Å². The molecule has 0 saturated carbocycles. The molecule has 1 saturated heterocycles. The average Bonchev–Trinajstić information content (AvgIpc) is 2.37. The second-order valence-corrected chi connectivity index (χ2v) is 5.47. The third kappa shape index (κ3) is 3.63. The van der Waals surface area contributed by atoms with Crippen molar-refractivity contribution in [2.75, 3.05) is 13.7 Å². The van der Waals surface area contributed by atoms with Crippen LogP contribution in [-0.4, -0.2) is 29.8 Å². The molecule has 0 aliphatic carbocycles. The summed E-state index contributed by atoms with van der Waals surface area (Å²) in [5, 5.41) is 0.433. The van der Waals surface area contributed by atoms with Gasteiger partial charge < -0.3 is 9.47 Å². The first kappa shape index (κ1) is 14.2. The summed E-state index contributed by atoms with van der Waals surface area (Å²) in [7, 11) is 1.63. The number of methoxy groups -OCH3 is 1. The molecule has 2 rings (SSSR count). The minimum atomic E-state index is 0.214. The Morgan fingerprint density at radius 3 is 2.94 bits per heavy atom. The molecule has 4 nitrogen and oxygen atoms in total. The number of aromatic nitrogens is 2. The Hall–Kier alpha value is -0.230. The van der Waals surface area contributed by atoms with E-state index in [2.05, 4.69) is 25.9 Å². The van der Waals surface area contributed by atoms with Crippen molar-refractivity contribution in [3.8, 4) is 0 Å². The zero-order chi connectivity index (χ0) is 13.0. The number of hydrogen-bond acceptors (Lipinski definition) is 4. The topological polar surface area (TPSA) is 44.2 Å². The van der Waals surface area contributed by atoms with Crippen molar-refractivity contribution in [2.45, 2.75) is 38.4 Å². The van der Waals surface area contributed by atoms with Crippen molar-refractivity contribution >= 4 is 27.5 Å². The summed E-state index contributed by atoms with van der Waals surface area (Å²) in [6.07, 6.45) is 4.35. The number of ether oxygens (including phenoxy) is 2. The highest BCUT2D eigenvalue weighted by Gasteiger charge is 2.18. The quantitative estimate of drug-likeness (QED) is 0.793. The van der Waals surface area contributed by atoms with Crippen LogP contribution >= 0.6 is 27.5 Å². The van der Waals surface area contributed by atoms with Crippen molar-refractivity contribution in [1.82, 2.24) is 9.97 Å². The molecule has 0 spiro atoms. The van der Waals surface area contributed by atoms with Gasteiger partial charge in [0.2, 0.25) is 0 Å². The van der Waals surface area contributed by atoms with E-state index in [0.717, 1.165) is 31.0 Å². The van der Waals surface area contributed by atoms with E-state index < -0.39 is 0 Å². The molecule has 1 aliphatic rings. The Morgan fingerprint density at radius 2 is 2.28 bits per heavy atom. The van der Waals surface area contributed by atoms with Crippen LogP contribution in [0.15, 0.2) is 4.47 Å². The molecule has 0 N–H and O–H groups in total. The Kier molecular flexibility index (Phi) is 5.36. The highest BCUT2D eigenvalue weighted by Crippen LogP contribution is 2.25. The van der Waals surface area contributed by atoms with Gasteiger partial charge >= 0.3 is 0 Å². The van der Waals surface area contributed by atoms with Gasteiger partial charge in [0.15, 0.2) is 0 Å². The molecule has 0 bridgehead atoms. The lowest BCUT2D eigenvalue weighted by molar-refractivity contribution is 0.0155. The third-order valence-corrected chi connectivity index (χ3v) is 4.23. The van der Waals surface area contributed by atoms with Crippen molar-refractivity contribution in [3.05, 3.63) is 21.1 Å². The van der Waals surface area contributed by atoms with Gasteiger partial charge in [0.05, 0.1) is 22.9 Å². The van der Waals surface area contributed by atoms with E-state index in [0.29, 0.717) is 22.7 Å². The summed E-state index contributed by atoms with van der Waals surface area (Å²) >= 11 is 9.45. The second kappa shape index (κ2) is 6.80. The third-order valence-electron chi connectivity index (χ3n) is 2.89. The Labute approximate surface area is 120 Å². The van der Waals surface area contributed by atoms with Gasteiger partial charge in [-0.1, -0.05) is 11.6 Å². The number of nitrogens with zero attached hydrogens (tertiary/aromatic N) is 2. The fraction of sp³-hybridized carbons (Fsp3) is 0.667. The fourth-order valence-corrected chi connectivity index (χ4v) is 2.51. The average molecular weight is 336 g/mol. The summed E-state index contributed by atoms with van der Waals surface area (Å²) in [4.78, 5) is 8.75. The van der Waals surface area contributed by atoms with Crippen LogP contribution < -0.4 is 0 Å². The van der Waals surface area contributed by atoms with Crippen LogP contribution in [0.5, 0.6) is 0 Å². The monoisotopic (exact) mass is 334 g/mol. The van der Waals surface area contributed by atoms with E-state index in [4.69, 9.17) is 21.1 Å². The van der Waals surface area contributed by atoms with Crippen LogP contribution in [0, 0.1) is 0 Å². The lowest BCUT2D eigenvalue weighted by Crippen LogP contribution is -2.22. The van der Waals surface area contributed by atoms with Crippen LogP contribution in [0.2, 0.25) is 5.15 Å². The molecule has 1 atom stereocenters. The maximum atomic E-state index is 6.08. The van der Waals surface area contributed by atoms with Crippen LogP contribution in [0.4, 0.5) is 0 Å². The van der Waals surface area contributed by atoms with Gasteiger partial charge in [-0.3, -0.25) is 0 Å². The van der Waals surface area contributed by atoms with Crippen molar-refractivity contribution < 1.29 is 9.47 Å². The molecule has 1 aromatic rings. The minimum absolute atomic E-state index is 0.214. The fourth-order valence-electron chi connectivity index (χ4n) is 2.01. The summed E-state index contributed by atoms with van der Waals surface area (Å²) in [6, 6.07) is 0. The molecular weight excluding hydrogens is 320 g/mol. The van der Waals surface area contributed by atoms with Gasteiger partial charge in [-0.2, -0.15) is 0 Å². The maximum Gasteiger partial charge on any atom is 0.147 e. The lowest BCUT2D eigenvalue weighted by atomic mass is 10.1. The highest BCUT2D eigenvalue weighted by atomic mass is 79.9. The smallest absolute Gasteiger partial charge is 0.147 e. The Bertz CT molecular complexity index is 411. The van der Waals surface area contributed by atoms with E-state index in [1.807, 2.05) is 0 Å². The van der Waals surface area contributed by atoms with Crippen molar-refractivity contribution in [1.29, 1.82) is 0 Å². The molecule has 100 valence electrons. The summed E-state index contributed by atoms with van der Waals surface area (Å²) in [5.74, 6) is 0.724. The summed E-state index contributed by atoms with van der Waals surface area (Å²) in [5.41, 5.74) is 0.781. The van der Waals surface area contributed by atoms with Crippen LogP contribution in [0.1, 0.15) is 30.8 Å². The first-order valence-corrected chi connectivity index (χ1v) is 7.19. The Morgan fingerprint density at radius 1 is 1.44 bits per heavy atom. The zero-order valence-corrected chi connectivity index (χ0v) is 12.6. The predicted octanol–water partition coefficient (Wildman–Crippen LogP) is 3.15. The van der Waals surface area contributed by atoms with Crippen molar-refractivity contribution in [3.63, 3.8) is 0 Å². The zero-order valence-electron chi connectivity index (χ0n) is 10.3. The molecule has 6 heteroatoms. The molecule has 1 aromatic heterocycles. The standard InChI is InChI=1S/C12H16BrClN2O2/c1-17-7-9-11(13)12(14)16-10(15-9)6-8-4-2-3-5-18-8/h8H,2-7H2,1H3. The molecule has 0 radical (unpaired) electrons. The summed E-state index contributed by atoms with van der Waals surface area (Å²) < 4.78 is 11.5. The van der Waals surface area contributed by atoms with Crippen LogP contribution in [0.25, 0.3) is 0 Å². The second-order valence-electron chi connectivity index (χ2n) is 4.32. The van der Waals surface area contributed by atoms with E-state index >= 15 is 0 Å². The van der Waals surface area contributed by atoms with Gasteiger partial charge in [0.1, 0.15) is 11.0 Å². The minimum Gasteiger partial charge on any atom is -0.378 e. The Balaban J connectivity index is 2.11. The molecule has 1 unspecified atom stereocenters. The molecule has 1 fully saturated rings. The van der Waals surface area contributed by atoms with Gasteiger partial charge in [-0.25, -0.2) is 9.97 Å². The molecule has 0 amide bonds. The van der Waals surface area contributed by atoms with E-state index in [1.54, 1.807) is 7.11 Å². The number of halogens is 2. The van der Waals surface area contributed by atoms with Crippen LogP contribution in [0.3, 0.4) is 0 Å². The van der Waals surface area contributed by atoms with E-state index in [9.17, 15) is 0 Å². The normalized spacial score (nSPS) is 20.1. The molecule has 2 heterocycles.